The lowest BCUT2D eigenvalue weighted by Crippen LogP contribution is -2.40. The van der Waals surface area contributed by atoms with E-state index in [9.17, 15) is 8.42 Å². The minimum Gasteiger partial charge on any atom is -0.323 e. The van der Waals surface area contributed by atoms with Crippen LogP contribution in [0.3, 0.4) is 0 Å². The van der Waals surface area contributed by atoms with Crippen molar-refractivity contribution in [2.24, 2.45) is 5.73 Å². The predicted molar refractivity (Wildman–Crippen MR) is 59.5 cm³/mol. The monoisotopic (exact) mass is 244 g/mol. The fourth-order valence-electron chi connectivity index (χ4n) is 1.92. The van der Waals surface area contributed by atoms with E-state index >= 15 is 0 Å². The molecule has 3 unspecified atom stereocenters. The highest BCUT2D eigenvalue weighted by atomic mass is 32.2. The van der Waals surface area contributed by atoms with Gasteiger partial charge in [-0.1, -0.05) is 5.21 Å². The molecule has 1 aromatic heterocycles. The molecule has 1 heterocycles. The van der Waals surface area contributed by atoms with Crippen molar-refractivity contribution in [1.82, 2.24) is 15.0 Å². The Kier molecular flexibility index (Phi) is 2.75. The molecule has 1 saturated carbocycles. The van der Waals surface area contributed by atoms with E-state index in [4.69, 9.17) is 5.73 Å². The van der Waals surface area contributed by atoms with Crippen LogP contribution in [0, 0.1) is 0 Å². The zero-order valence-corrected chi connectivity index (χ0v) is 10.2. The first-order chi connectivity index (χ1) is 7.39. The van der Waals surface area contributed by atoms with E-state index in [1.165, 1.54) is 6.26 Å². The van der Waals surface area contributed by atoms with Crippen LogP contribution in [0.1, 0.15) is 37.5 Å². The Bertz CT molecular complexity index is 479. The molecule has 90 valence electrons. The van der Waals surface area contributed by atoms with E-state index in [1.807, 2.05) is 6.92 Å². The largest absolute Gasteiger partial charge is 0.323 e. The molecule has 1 fully saturated rings. The molecule has 16 heavy (non-hydrogen) atoms. The van der Waals surface area contributed by atoms with Gasteiger partial charge in [-0.25, -0.2) is 13.1 Å². The van der Waals surface area contributed by atoms with E-state index < -0.39 is 9.84 Å². The molecule has 6 nitrogen and oxygen atoms in total. The maximum absolute atomic E-state index is 11.5. The van der Waals surface area contributed by atoms with Crippen molar-refractivity contribution in [2.45, 2.75) is 37.1 Å². The lowest BCUT2D eigenvalue weighted by Gasteiger charge is -2.34. The lowest BCUT2D eigenvalue weighted by molar-refractivity contribution is 0.286. The Hall–Kier alpha value is -0.950. The summed E-state index contributed by atoms with van der Waals surface area (Å²) < 4.78 is 24.5. The van der Waals surface area contributed by atoms with Gasteiger partial charge in [-0.3, -0.25) is 0 Å². The highest BCUT2D eigenvalue weighted by Gasteiger charge is 2.40. The summed E-state index contributed by atoms with van der Waals surface area (Å²) in [6.45, 7) is 1.82. The van der Waals surface area contributed by atoms with Crippen molar-refractivity contribution in [3.63, 3.8) is 0 Å². The molecule has 2 rings (SSSR count). The molecule has 0 amide bonds. The first-order valence-corrected chi connectivity index (χ1v) is 7.21. The number of aromatic nitrogens is 3. The zero-order valence-electron chi connectivity index (χ0n) is 9.37. The van der Waals surface area contributed by atoms with Crippen molar-refractivity contribution < 1.29 is 8.42 Å². The first-order valence-electron chi connectivity index (χ1n) is 5.26. The van der Waals surface area contributed by atoms with Crippen LogP contribution < -0.4 is 5.73 Å². The number of sulfone groups is 1. The Balaban J connectivity index is 2.19. The van der Waals surface area contributed by atoms with Crippen molar-refractivity contribution >= 4 is 9.84 Å². The van der Waals surface area contributed by atoms with Crippen molar-refractivity contribution in [1.29, 1.82) is 0 Å². The van der Waals surface area contributed by atoms with Gasteiger partial charge in [-0.15, -0.1) is 5.10 Å². The second kappa shape index (κ2) is 3.81. The number of nitrogens with two attached hydrogens (primary N) is 1. The van der Waals surface area contributed by atoms with E-state index in [1.54, 1.807) is 10.9 Å². The van der Waals surface area contributed by atoms with Crippen molar-refractivity contribution in [3.8, 4) is 0 Å². The van der Waals surface area contributed by atoms with Crippen LogP contribution in [-0.2, 0) is 9.84 Å². The average molecular weight is 244 g/mol. The lowest BCUT2D eigenvalue weighted by atomic mass is 9.92. The molecular weight excluding hydrogens is 228 g/mol. The van der Waals surface area contributed by atoms with Crippen LogP contribution in [-0.4, -0.2) is 34.9 Å². The molecule has 1 aliphatic carbocycles. The molecule has 3 atom stereocenters. The summed E-state index contributed by atoms with van der Waals surface area (Å²) in [5, 5.41) is 7.55. The fourth-order valence-corrected chi connectivity index (χ4v) is 3.31. The average Bonchev–Trinajstić information content (AvgIpc) is 2.47. The summed E-state index contributed by atoms with van der Waals surface area (Å²) in [7, 11) is -2.99. The molecule has 0 aliphatic heterocycles. The van der Waals surface area contributed by atoms with Gasteiger partial charge in [0.15, 0.2) is 9.84 Å². The number of nitrogens with zero attached hydrogens (tertiary/aromatic N) is 3. The van der Waals surface area contributed by atoms with Crippen LogP contribution in [0.25, 0.3) is 0 Å². The Labute approximate surface area is 94.7 Å². The van der Waals surface area contributed by atoms with Gasteiger partial charge in [0, 0.05) is 12.3 Å². The Morgan fingerprint density at radius 2 is 2.25 bits per heavy atom. The van der Waals surface area contributed by atoms with Crippen molar-refractivity contribution in [2.75, 3.05) is 6.26 Å². The minimum absolute atomic E-state index is 0.0741. The fraction of sp³-hybridized carbons (Fsp3) is 0.778. The van der Waals surface area contributed by atoms with Crippen LogP contribution in [0.5, 0.6) is 0 Å². The predicted octanol–water partition coefficient (Wildman–Crippen LogP) is 0.0459. The maximum atomic E-state index is 11.5. The maximum Gasteiger partial charge on any atom is 0.152 e. The smallest absolute Gasteiger partial charge is 0.152 e. The van der Waals surface area contributed by atoms with Gasteiger partial charge in [0.2, 0.25) is 0 Å². The van der Waals surface area contributed by atoms with E-state index in [0.29, 0.717) is 12.1 Å². The minimum atomic E-state index is -2.99. The highest BCUT2D eigenvalue weighted by Crippen LogP contribution is 2.36. The molecule has 1 aliphatic rings. The zero-order chi connectivity index (χ0) is 11.9. The molecule has 0 radical (unpaired) electrons. The summed E-state index contributed by atoms with van der Waals surface area (Å²) in [6, 6.07) is -0.250. The standard InChI is InChI=1S/C9H16N4O2S/c1-6(10)7-5-13(12-11-7)8-3-4-9(8)16(2,14)15/h5-6,8-9H,3-4,10H2,1-2H3. The van der Waals surface area contributed by atoms with Crippen LogP contribution in [0.4, 0.5) is 0 Å². The summed E-state index contributed by atoms with van der Waals surface area (Å²) in [5.74, 6) is 0. The molecule has 0 spiro atoms. The van der Waals surface area contributed by atoms with E-state index in [0.717, 1.165) is 6.42 Å². The van der Waals surface area contributed by atoms with Crippen LogP contribution in [0.15, 0.2) is 6.20 Å². The molecule has 7 heteroatoms. The summed E-state index contributed by atoms with van der Waals surface area (Å²) in [6.07, 6.45) is 4.55. The third kappa shape index (κ3) is 1.97. The molecule has 0 saturated heterocycles. The van der Waals surface area contributed by atoms with Crippen LogP contribution in [0.2, 0.25) is 0 Å². The van der Waals surface area contributed by atoms with Gasteiger partial charge in [-0.05, 0) is 19.8 Å². The summed E-state index contributed by atoms with van der Waals surface area (Å²) >= 11 is 0. The number of hydrogen-bond donors (Lipinski definition) is 1. The molecule has 2 N–H and O–H groups in total. The molecule has 0 aromatic carbocycles. The van der Waals surface area contributed by atoms with Gasteiger partial charge < -0.3 is 5.73 Å². The Morgan fingerprint density at radius 1 is 1.56 bits per heavy atom. The van der Waals surface area contributed by atoms with Gasteiger partial charge in [0.25, 0.3) is 0 Å². The highest BCUT2D eigenvalue weighted by molar-refractivity contribution is 7.91. The van der Waals surface area contributed by atoms with Crippen molar-refractivity contribution in [3.05, 3.63) is 11.9 Å². The Morgan fingerprint density at radius 3 is 2.62 bits per heavy atom. The number of rotatable bonds is 3. The second-order valence-corrected chi connectivity index (χ2v) is 6.69. The summed E-state index contributed by atoms with van der Waals surface area (Å²) in [5.41, 5.74) is 6.37. The van der Waals surface area contributed by atoms with Gasteiger partial charge >= 0.3 is 0 Å². The van der Waals surface area contributed by atoms with Crippen LogP contribution >= 0.6 is 0 Å². The molecular formula is C9H16N4O2S. The van der Waals surface area contributed by atoms with Gasteiger partial charge in [0.05, 0.1) is 23.2 Å². The summed E-state index contributed by atoms with van der Waals surface area (Å²) in [4.78, 5) is 0. The number of hydrogen-bond acceptors (Lipinski definition) is 5. The quantitative estimate of drug-likeness (QED) is 0.811. The van der Waals surface area contributed by atoms with Gasteiger partial charge in [-0.2, -0.15) is 0 Å². The molecule has 1 aromatic rings. The SMILES string of the molecule is CC(N)c1cn(C2CCC2S(C)(=O)=O)nn1. The van der Waals surface area contributed by atoms with E-state index in [-0.39, 0.29) is 17.3 Å². The normalized spacial score (nSPS) is 27.4. The third-order valence-corrected chi connectivity index (χ3v) is 4.71. The molecule has 0 bridgehead atoms. The van der Waals surface area contributed by atoms with Gasteiger partial charge in [0.1, 0.15) is 0 Å². The first kappa shape index (κ1) is 11.5. The third-order valence-electron chi connectivity index (χ3n) is 3.06. The van der Waals surface area contributed by atoms with E-state index in [2.05, 4.69) is 10.3 Å². The second-order valence-electron chi connectivity index (χ2n) is 4.42. The topological polar surface area (TPSA) is 90.9 Å².